The molecule has 2 aromatic heterocycles. The number of nitrogen functional groups attached to an aromatic ring is 1. The highest BCUT2D eigenvalue weighted by molar-refractivity contribution is 8.00. The number of para-hydroxylation sites is 1. The molecule has 0 aliphatic carbocycles. The largest absolute Gasteiger partial charge is 0.383 e. The van der Waals surface area contributed by atoms with Crippen molar-refractivity contribution in [1.82, 2.24) is 9.97 Å². The van der Waals surface area contributed by atoms with Gasteiger partial charge < -0.3 is 11.1 Å². The lowest BCUT2D eigenvalue weighted by molar-refractivity contribution is -0.115. The zero-order valence-corrected chi connectivity index (χ0v) is 18.6. The zero-order chi connectivity index (χ0) is 21.3. The van der Waals surface area contributed by atoms with Crippen molar-refractivity contribution in [2.75, 3.05) is 11.1 Å². The monoisotopic (exact) mass is 434 g/mol. The van der Waals surface area contributed by atoms with Gasteiger partial charge in [0.25, 0.3) is 0 Å². The first-order valence-electron chi connectivity index (χ1n) is 9.59. The summed E-state index contributed by atoms with van der Waals surface area (Å²) in [7, 11) is 0. The molecule has 7 heteroatoms. The summed E-state index contributed by atoms with van der Waals surface area (Å²) in [6.07, 6.45) is 0. The molecule has 0 radical (unpaired) electrons. The molecular formula is C23H22N4OS2. The second-order valence-corrected chi connectivity index (χ2v) is 9.53. The molecule has 0 saturated carbocycles. The maximum Gasteiger partial charge on any atom is 0.237 e. The number of rotatable bonds is 5. The van der Waals surface area contributed by atoms with Crippen LogP contribution in [0, 0.1) is 13.8 Å². The molecule has 4 rings (SSSR count). The van der Waals surface area contributed by atoms with E-state index in [1.807, 2.05) is 75.4 Å². The standard InChI is InChI=1S/C23H22N4OS2/c1-13-14(2)29-22-19(13)20(24)26-23(27-22)30-15(3)21(28)25-18-12-8-7-11-17(18)16-9-5-4-6-10-16/h4-12,15H,1-3H3,(H,25,28)(H2,24,26,27). The van der Waals surface area contributed by atoms with Gasteiger partial charge in [-0.1, -0.05) is 60.3 Å². The molecule has 2 heterocycles. The molecule has 0 fully saturated rings. The maximum atomic E-state index is 12.9. The summed E-state index contributed by atoms with van der Waals surface area (Å²) < 4.78 is 0. The number of nitrogens with one attached hydrogen (secondary N) is 1. The van der Waals surface area contributed by atoms with E-state index < -0.39 is 0 Å². The number of anilines is 2. The molecule has 0 saturated heterocycles. The molecule has 0 aliphatic rings. The van der Waals surface area contributed by atoms with Gasteiger partial charge in [0.1, 0.15) is 10.6 Å². The first-order chi connectivity index (χ1) is 14.4. The first kappa shape index (κ1) is 20.4. The Hall–Kier alpha value is -2.90. The van der Waals surface area contributed by atoms with E-state index in [-0.39, 0.29) is 11.2 Å². The highest BCUT2D eigenvalue weighted by Crippen LogP contribution is 2.34. The van der Waals surface area contributed by atoms with Crippen LogP contribution < -0.4 is 11.1 Å². The number of aromatic nitrogens is 2. The molecule has 30 heavy (non-hydrogen) atoms. The average Bonchev–Trinajstić information content (AvgIpc) is 3.03. The van der Waals surface area contributed by atoms with Crippen LogP contribution in [0.2, 0.25) is 0 Å². The van der Waals surface area contributed by atoms with Crippen molar-refractivity contribution in [2.45, 2.75) is 31.2 Å². The highest BCUT2D eigenvalue weighted by atomic mass is 32.2. The number of aryl methyl sites for hydroxylation is 2. The SMILES string of the molecule is Cc1sc2nc(SC(C)C(=O)Nc3ccccc3-c3ccccc3)nc(N)c2c1C. The molecular weight excluding hydrogens is 412 g/mol. The Labute approximate surface area is 183 Å². The predicted molar refractivity (Wildman–Crippen MR) is 127 cm³/mol. The summed E-state index contributed by atoms with van der Waals surface area (Å²) >= 11 is 2.91. The fraction of sp³-hybridized carbons (Fsp3) is 0.174. The number of amides is 1. The van der Waals surface area contributed by atoms with E-state index >= 15 is 0 Å². The van der Waals surface area contributed by atoms with Gasteiger partial charge in [-0.2, -0.15) is 0 Å². The van der Waals surface area contributed by atoms with Crippen LogP contribution in [0.15, 0.2) is 59.8 Å². The molecule has 4 aromatic rings. The second-order valence-electron chi connectivity index (χ2n) is 7.02. The van der Waals surface area contributed by atoms with Crippen LogP contribution in [0.5, 0.6) is 0 Å². The number of fused-ring (bicyclic) bond motifs is 1. The van der Waals surface area contributed by atoms with Gasteiger partial charge in [-0.25, -0.2) is 9.97 Å². The average molecular weight is 435 g/mol. The van der Waals surface area contributed by atoms with E-state index in [4.69, 9.17) is 5.73 Å². The smallest absolute Gasteiger partial charge is 0.237 e. The molecule has 1 unspecified atom stereocenters. The van der Waals surface area contributed by atoms with Gasteiger partial charge in [0.2, 0.25) is 5.91 Å². The lowest BCUT2D eigenvalue weighted by Gasteiger charge is -2.14. The van der Waals surface area contributed by atoms with Gasteiger partial charge in [-0.15, -0.1) is 11.3 Å². The number of nitrogens with two attached hydrogens (primary N) is 1. The third kappa shape index (κ3) is 4.04. The first-order valence-corrected chi connectivity index (χ1v) is 11.3. The number of carbonyl (C=O) groups excluding carboxylic acids is 1. The summed E-state index contributed by atoms with van der Waals surface area (Å²) in [5, 5.41) is 4.10. The normalized spacial score (nSPS) is 12.1. The maximum absolute atomic E-state index is 12.9. The third-order valence-corrected chi connectivity index (χ3v) is 7.02. The minimum absolute atomic E-state index is 0.107. The molecule has 2 aromatic carbocycles. The summed E-state index contributed by atoms with van der Waals surface area (Å²) in [5.41, 5.74) is 10.1. The van der Waals surface area contributed by atoms with Crippen LogP contribution >= 0.6 is 23.1 Å². The molecule has 1 atom stereocenters. The van der Waals surface area contributed by atoms with E-state index in [1.54, 1.807) is 11.3 Å². The second kappa shape index (κ2) is 8.45. The van der Waals surface area contributed by atoms with E-state index in [9.17, 15) is 4.79 Å². The van der Waals surface area contributed by atoms with Gasteiger partial charge in [-0.05, 0) is 38.0 Å². The summed E-state index contributed by atoms with van der Waals surface area (Å²) in [4.78, 5) is 24.0. The van der Waals surface area contributed by atoms with Crippen LogP contribution in [-0.4, -0.2) is 21.1 Å². The van der Waals surface area contributed by atoms with Crippen LogP contribution in [0.25, 0.3) is 21.3 Å². The molecule has 5 nitrogen and oxygen atoms in total. The number of thiophene rings is 1. The van der Waals surface area contributed by atoms with E-state index in [2.05, 4.69) is 15.3 Å². The summed E-state index contributed by atoms with van der Waals surface area (Å²) in [6.45, 7) is 5.93. The van der Waals surface area contributed by atoms with Crippen molar-refractivity contribution in [3.05, 3.63) is 65.0 Å². The van der Waals surface area contributed by atoms with Crippen molar-refractivity contribution in [3.8, 4) is 11.1 Å². The van der Waals surface area contributed by atoms with E-state index in [0.29, 0.717) is 11.0 Å². The van der Waals surface area contributed by atoms with Gasteiger partial charge in [0.05, 0.1) is 10.6 Å². The minimum atomic E-state index is -0.382. The number of benzene rings is 2. The number of carbonyl (C=O) groups is 1. The van der Waals surface area contributed by atoms with Crippen LogP contribution in [0.3, 0.4) is 0 Å². The lowest BCUT2D eigenvalue weighted by Crippen LogP contribution is -2.23. The number of hydrogen-bond acceptors (Lipinski definition) is 6. The van der Waals surface area contributed by atoms with Crippen molar-refractivity contribution in [1.29, 1.82) is 0 Å². The molecule has 0 bridgehead atoms. The Bertz CT molecular complexity index is 1220. The minimum Gasteiger partial charge on any atom is -0.383 e. The quantitative estimate of drug-likeness (QED) is 0.312. The predicted octanol–water partition coefficient (Wildman–Crippen LogP) is 5.68. The lowest BCUT2D eigenvalue weighted by atomic mass is 10.0. The molecule has 0 aliphatic heterocycles. The fourth-order valence-electron chi connectivity index (χ4n) is 3.22. The van der Waals surface area contributed by atoms with E-state index in [0.717, 1.165) is 32.6 Å². The summed E-state index contributed by atoms with van der Waals surface area (Å²) in [6, 6.07) is 17.8. The van der Waals surface area contributed by atoms with Gasteiger partial charge in [0, 0.05) is 16.1 Å². The van der Waals surface area contributed by atoms with Crippen molar-refractivity contribution in [2.24, 2.45) is 0 Å². The summed E-state index contributed by atoms with van der Waals surface area (Å²) in [5.74, 6) is 0.357. The molecule has 0 spiro atoms. The van der Waals surface area contributed by atoms with Crippen LogP contribution in [0.4, 0.5) is 11.5 Å². The molecule has 1 amide bonds. The number of thioether (sulfide) groups is 1. The van der Waals surface area contributed by atoms with Gasteiger partial charge in [-0.3, -0.25) is 4.79 Å². The van der Waals surface area contributed by atoms with Gasteiger partial charge in [0.15, 0.2) is 5.16 Å². The van der Waals surface area contributed by atoms with Gasteiger partial charge >= 0.3 is 0 Å². The number of nitrogens with zero attached hydrogens (tertiary/aromatic N) is 2. The molecule has 3 N–H and O–H groups in total. The van der Waals surface area contributed by atoms with Crippen LogP contribution in [-0.2, 0) is 4.79 Å². The number of hydrogen-bond donors (Lipinski definition) is 2. The Morgan fingerprint density at radius 1 is 1.07 bits per heavy atom. The Morgan fingerprint density at radius 3 is 2.53 bits per heavy atom. The zero-order valence-electron chi connectivity index (χ0n) is 17.0. The Morgan fingerprint density at radius 2 is 1.77 bits per heavy atom. The van der Waals surface area contributed by atoms with Crippen molar-refractivity contribution < 1.29 is 4.79 Å². The Kier molecular flexibility index (Phi) is 5.74. The van der Waals surface area contributed by atoms with E-state index in [1.165, 1.54) is 16.6 Å². The highest BCUT2D eigenvalue weighted by Gasteiger charge is 2.20. The molecule has 152 valence electrons. The fourth-order valence-corrected chi connectivity index (χ4v) is 5.09. The Balaban J connectivity index is 1.54. The topological polar surface area (TPSA) is 80.9 Å². The van der Waals surface area contributed by atoms with Crippen LogP contribution in [0.1, 0.15) is 17.4 Å². The van der Waals surface area contributed by atoms with Crippen molar-refractivity contribution >= 4 is 50.7 Å². The van der Waals surface area contributed by atoms with Crippen molar-refractivity contribution in [3.63, 3.8) is 0 Å². The third-order valence-electron chi connectivity index (χ3n) is 4.96.